The standard InChI is InChI=1S/C12H16N4OS/c1-12(14-11(18)16(2)15-12)8-10(17)13-9-6-4-3-5-7-9/h3-7,15H,8H2,1-2H3,(H,13,17)(H,14,18). The van der Waals surface area contributed by atoms with E-state index in [1.54, 1.807) is 5.01 Å². The largest absolute Gasteiger partial charge is 0.342 e. The maximum Gasteiger partial charge on any atom is 0.228 e. The van der Waals surface area contributed by atoms with Gasteiger partial charge in [-0.25, -0.2) is 5.43 Å². The summed E-state index contributed by atoms with van der Waals surface area (Å²) in [5.74, 6) is -0.0678. The van der Waals surface area contributed by atoms with Crippen LogP contribution in [0.5, 0.6) is 0 Å². The first-order valence-corrected chi connectivity index (χ1v) is 6.08. The van der Waals surface area contributed by atoms with Crippen molar-refractivity contribution in [3.63, 3.8) is 0 Å². The number of nitrogens with one attached hydrogen (secondary N) is 3. The van der Waals surface area contributed by atoms with E-state index in [2.05, 4.69) is 16.1 Å². The Morgan fingerprint density at radius 3 is 2.67 bits per heavy atom. The molecule has 1 amide bonds. The Morgan fingerprint density at radius 1 is 1.44 bits per heavy atom. The Bertz CT molecular complexity index is 464. The van der Waals surface area contributed by atoms with Gasteiger partial charge in [0.05, 0.1) is 6.42 Å². The molecule has 0 spiro atoms. The van der Waals surface area contributed by atoms with Crippen molar-refractivity contribution in [3.8, 4) is 0 Å². The monoisotopic (exact) mass is 264 g/mol. The minimum Gasteiger partial charge on any atom is -0.342 e. The van der Waals surface area contributed by atoms with E-state index in [1.807, 2.05) is 44.3 Å². The van der Waals surface area contributed by atoms with Crippen LogP contribution in [0, 0.1) is 0 Å². The highest BCUT2D eigenvalue weighted by atomic mass is 32.1. The number of hydrogen-bond acceptors (Lipinski definition) is 3. The maximum atomic E-state index is 11.9. The van der Waals surface area contributed by atoms with Gasteiger partial charge in [-0.05, 0) is 31.3 Å². The summed E-state index contributed by atoms with van der Waals surface area (Å²) in [6, 6.07) is 9.38. The van der Waals surface area contributed by atoms with Gasteiger partial charge in [-0.1, -0.05) is 18.2 Å². The lowest BCUT2D eigenvalue weighted by Gasteiger charge is -2.23. The highest BCUT2D eigenvalue weighted by Gasteiger charge is 2.35. The number of amides is 1. The smallest absolute Gasteiger partial charge is 0.228 e. The lowest BCUT2D eigenvalue weighted by molar-refractivity contribution is -0.117. The third kappa shape index (κ3) is 2.96. The number of carbonyl (C=O) groups excluding carboxylic acids is 1. The van der Waals surface area contributed by atoms with Crippen LogP contribution in [0.3, 0.4) is 0 Å². The molecule has 1 aliphatic heterocycles. The predicted molar refractivity (Wildman–Crippen MR) is 74.7 cm³/mol. The van der Waals surface area contributed by atoms with Crippen molar-refractivity contribution in [2.24, 2.45) is 0 Å². The highest BCUT2D eigenvalue weighted by molar-refractivity contribution is 7.80. The number of nitrogens with zero attached hydrogens (tertiary/aromatic N) is 1. The minimum absolute atomic E-state index is 0.0678. The quantitative estimate of drug-likeness (QED) is 0.713. The summed E-state index contributed by atoms with van der Waals surface area (Å²) < 4.78 is 0. The van der Waals surface area contributed by atoms with Crippen LogP contribution < -0.4 is 16.1 Å². The molecule has 0 bridgehead atoms. The normalized spacial score (nSPS) is 22.8. The van der Waals surface area contributed by atoms with Crippen LogP contribution >= 0.6 is 12.2 Å². The summed E-state index contributed by atoms with van der Waals surface area (Å²) in [6.07, 6.45) is 0.284. The van der Waals surface area contributed by atoms with Gasteiger partial charge in [0.15, 0.2) is 5.11 Å². The van der Waals surface area contributed by atoms with Gasteiger partial charge in [-0.3, -0.25) is 9.80 Å². The topological polar surface area (TPSA) is 56.4 Å². The second-order valence-corrected chi connectivity index (χ2v) is 4.91. The van der Waals surface area contributed by atoms with Gasteiger partial charge in [-0.15, -0.1) is 0 Å². The Balaban J connectivity index is 1.94. The summed E-state index contributed by atoms with van der Waals surface area (Å²) in [5, 5.41) is 8.21. The van der Waals surface area contributed by atoms with E-state index in [0.29, 0.717) is 5.11 Å². The molecule has 96 valence electrons. The van der Waals surface area contributed by atoms with E-state index in [0.717, 1.165) is 5.69 Å². The number of rotatable bonds is 3. The lowest BCUT2D eigenvalue weighted by atomic mass is 10.1. The Morgan fingerprint density at radius 2 is 2.11 bits per heavy atom. The van der Waals surface area contributed by atoms with E-state index in [9.17, 15) is 4.79 Å². The first-order valence-electron chi connectivity index (χ1n) is 5.67. The van der Waals surface area contributed by atoms with Crippen LogP contribution in [0.1, 0.15) is 13.3 Å². The fraction of sp³-hybridized carbons (Fsp3) is 0.333. The van der Waals surface area contributed by atoms with E-state index >= 15 is 0 Å². The van der Waals surface area contributed by atoms with Crippen LogP contribution in [0.4, 0.5) is 5.69 Å². The Kier molecular flexibility index (Phi) is 3.49. The zero-order chi connectivity index (χ0) is 13.2. The van der Waals surface area contributed by atoms with Gasteiger partial charge in [0.25, 0.3) is 0 Å². The van der Waals surface area contributed by atoms with Crippen molar-refractivity contribution in [3.05, 3.63) is 30.3 Å². The molecule has 1 fully saturated rings. The van der Waals surface area contributed by atoms with E-state index in [1.165, 1.54) is 0 Å². The number of thiocarbonyl (C=S) groups is 1. The zero-order valence-corrected chi connectivity index (χ0v) is 11.2. The van der Waals surface area contributed by atoms with Crippen molar-refractivity contribution in [2.75, 3.05) is 12.4 Å². The molecule has 3 N–H and O–H groups in total. The Hall–Kier alpha value is -1.66. The van der Waals surface area contributed by atoms with Crippen LogP contribution in [0.15, 0.2) is 30.3 Å². The summed E-state index contributed by atoms with van der Waals surface area (Å²) in [7, 11) is 1.82. The minimum atomic E-state index is -0.537. The van der Waals surface area contributed by atoms with Gasteiger partial charge in [0, 0.05) is 12.7 Å². The van der Waals surface area contributed by atoms with Crippen LogP contribution in [0.25, 0.3) is 0 Å². The van der Waals surface area contributed by atoms with Gasteiger partial charge in [-0.2, -0.15) is 0 Å². The second kappa shape index (κ2) is 4.91. The number of hydrazine groups is 1. The number of hydrogen-bond donors (Lipinski definition) is 3. The molecule has 1 aliphatic rings. The zero-order valence-electron chi connectivity index (χ0n) is 10.4. The summed E-state index contributed by atoms with van der Waals surface area (Å²) in [4.78, 5) is 11.9. The molecule has 1 aromatic rings. The highest BCUT2D eigenvalue weighted by Crippen LogP contribution is 2.14. The van der Waals surface area contributed by atoms with Crippen molar-refractivity contribution >= 4 is 28.9 Å². The molecule has 0 saturated carbocycles. The number of para-hydroxylation sites is 1. The van der Waals surface area contributed by atoms with E-state index < -0.39 is 5.66 Å². The van der Waals surface area contributed by atoms with Crippen molar-refractivity contribution < 1.29 is 4.79 Å². The number of carbonyl (C=O) groups is 1. The molecular weight excluding hydrogens is 248 g/mol. The molecule has 0 radical (unpaired) electrons. The lowest BCUT2D eigenvalue weighted by Crippen LogP contribution is -2.50. The first-order chi connectivity index (χ1) is 8.48. The SMILES string of the molecule is CN1NC(C)(CC(=O)Nc2ccccc2)NC1=S. The first kappa shape index (κ1) is 12.8. The van der Waals surface area contributed by atoms with Crippen molar-refractivity contribution in [2.45, 2.75) is 19.0 Å². The molecule has 1 unspecified atom stereocenters. The van der Waals surface area contributed by atoms with Gasteiger partial charge < -0.3 is 10.6 Å². The molecular formula is C12H16N4OS. The molecule has 1 atom stereocenters. The maximum absolute atomic E-state index is 11.9. The van der Waals surface area contributed by atoms with Crippen LogP contribution in [0.2, 0.25) is 0 Å². The number of benzene rings is 1. The van der Waals surface area contributed by atoms with Gasteiger partial charge in [0.2, 0.25) is 5.91 Å². The molecule has 2 rings (SSSR count). The fourth-order valence-electron chi connectivity index (χ4n) is 1.90. The molecule has 5 nitrogen and oxygen atoms in total. The summed E-state index contributed by atoms with van der Waals surface area (Å²) >= 11 is 5.09. The average molecular weight is 264 g/mol. The van der Waals surface area contributed by atoms with Crippen LogP contribution in [-0.2, 0) is 4.79 Å². The summed E-state index contributed by atoms with van der Waals surface area (Å²) in [6.45, 7) is 1.90. The molecule has 0 aliphatic carbocycles. The van der Waals surface area contributed by atoms with E-state index in [-0.39, 0.29) is 12.3 Å². The van der Waals surface area contributed by atoms with Crippen molar-refractivity contribution in [1.82, 2.24) is 15.8 Å². The number of anilines is 1. The third-order valence-corrected chi connectivity index (χ3v) is 3.05. The van der Waals surface area contributed by atoms with Crippen LogP contribution in [-0.4, -0.2) is 28.7 Å². The molecule has 0 aromatic heterocycles. The average Bonchev–Trinajstić information content (AvgIpc) is 2.53. The third-order valence-electron chi connectivity index (χ3n) is 2.67. The molecule has 1 aromatic carbocycles. The van der Waals surface area contributed by atoms with E-state index in [4.69, 9.17) is 12.2 Å². The molecule has 18 heavy (non-hydrogen) atoms. The fourth-order valence-corrected chi connectivity index (χ4v) is 2.17. The molecule has 1 heterocycles. The van der Waals surface area contributed by atoms with Crippen molar-refractivity contribution in [1.29, 1.82) is 0 Å². The molecule has 1 saturated heterocycles. The molecule has 6 heteroatoms. The van der Waals surface area contributed by atoms with Gasteiger partial charge >= 0.3 is 0 Å². The second-order valence-electron chi connectivity index (χ2n) is 4.52. The van der Waals surface area contributed by atoms with Gasteiger partial charge in [0.1, 0.15) is 5.66 Å². The Labute approximate surface area is 112 Å². The predicted octanol–water partition coefficient (Wildman–Crippen LogP) is 1.06. The summed E-state index contributed by atoms with van der Waals surface area (Å²) in [5.41, 5.74) is 3.37.